The summed E-state index contributed by atoms with van der Waals surface area (Å²) in [5, 5.41) is 17.7. The van der Waals surface area contributed by atoms with Gasteiger partial charge in [-0.3, -0.25) is 14.9 Å². The third-order valence-electron chi connectivity index (χ3n) is 3.28. The molecule has 0 aliphatic carbocycles. The fraction of sp³-hybridized carbons (Fsp3) is 0.308. The van der Waals surface area contributed by atoms with E-state index >= 15 is 0 Å². The molecular weight excluding hydrogens is 352 g/mol. The van der Waals surface area contributed by atoms with E-state index in [-0.39, 0.29) is 29.6 Å². The van der Waals surface area contributed by atoms with Gasteiger partial charge in [0.25, 0.3) is 15.7 Å². The van der Waals surface area contributed by atoms with Crippen LogP contribution in [0.5, 0.6) is 0 Å². The molecule has 0 saturated carbocycles. The SMILES string of the molecule is CC1CC(=O)NN=C1c1ccc(N/C(N)=N/S(C)(=O)=O)c([N+](=O)[O-])c1. The number of nitrogens with one attached hydrogen (secondary N) is 2. The number of anilines is 1. The van der Waals surface area contributed by atoms with Gasteiger partial charge in [0.05, 0.1) is 16.9 Å². The maximum absolute atomic E-state index is 11.3. The molecule has 0 fully saturated rings. The highest BCUT2D eigenvalue weighted by Crippen LogP contribution is 2.28. The van der Waals surface area contributed by atoms with Crippen molar-refractivity contribution in [2.75, 3.05) is 11.6 Å². The highest BCUT2D eigenvalue weighted by molar-refractivity contribution is 7.89. The van der Waals surface area contributed by atoms with E-state index in [2.05, 4.69) is 20.2 Å². The number of hydrazone groups is 1. The van der Waals surface area contributed by atoms with Gasteiger partial charge in [-0.1, -0.05) is 13.0 Å². The van der Waals surface area contributed by atoms with E-state index in [0.29, 0.717) is 11.3 Å². The van der Waals surface area contributed by atoms with Gasteiger partial charge < -0.3 is 11.1 Å². The molecule has 0 radical (unpaired) electrons. The minimum atomic E-state index is -3.74. The minimum absolute atomic E-state index is 0.0215. The third-order valence-corrected chi connectivity index (χ3v) is 3.80. The maximum atomic E-state index is 11.3. The molecule has 11 nitrogen and oxygen atoms in total. The molecule has 1 aliphatic heterocycles. The van der Waals surface area contributed by atoms with Crippen molar-refractivity contribution in [3.8, 4) is 0 Å². The van der Waals surface area contributed by atoms with Crippen molar-refractivity contribution in [1.29, 1.82) is 0 Å². The molecule has 0 bridgehead atoms. The van der Waals surface area contributed by atoms with Crippen LogP contribution in [0.2, 0.25) is 0 Å². The molecule has 1 aromatic carbocycles. The fourth-order valence-corrected chi connectivity index (χ4v) is 2.69. The van der Waals surface area contributed by atoms with Crippen LogP contribution in [0.1, 0.15) is 18.9 Å². The first-order valence-electron chi connectivity index (χ1n) is 7.04. The van der Waals surface area contributed by atoms with Crippen LogP contribution in [0.4, 0.5) is 11.4 Å². The zero-order valence-electron chi connectivity index (χ0n) is 13.4. The molecule has 1 atom stereocenters. The van der Waals surface area contributed by atoms with Gasteiger partial charge in [0, 0.05) is 24.0 Å². The Hall–Kier alpha value is -3.02. The molecule has 1 unspecified atom stereocenters. The first-order chi connectivity index (χ1) is 11.6. The highest BCUT2D eigenvalue weighted by atomic mass is 32.2. The van der Waals surface area contributed by atoms with Crippen LogP contribution in [-0.4, -0.2) is 37.2 Å². The number of nitrogens with zero attached hydrogens (tertiary/aromatic N) is 3. The van der Waals surface area contributed by atoms with Crippen LogP contribution < -0.4 is 16.5 Å². The topological polar surface area (TPSA) is 169 Å². The standard InChI is InChI=1S/C13H16N6O5S/c1-7-5-11(20)16-17-12(7)8-3-4-9(10(6-8)19(21)22)15-13(14)18-25(2,23)24/h3-4,6-7H,5H2,1-2H3,(H,16,20)(H3,14,15,18). The van der Waals surface area contributed by atoms with E-state index < -0.39 is 20.9 Å². The number of nitro benzene ring substituents is 1. The van der Waals surface area contributed by atoms with E-state index in [0.717, 1.165) is 6.26 Å². The molecule has 12 heteroatoms. The van der Waals surface area contributed by atoms with Gasteiger partial charge in [-0.05, 0) is 6.07 Å². The Labute approximate surface area is 143 Å². The average molecular weight is 368 g/mol. The highest BCUT2D eigenvalue weighted by Gasteiger charge is 2.24. The number of nitrogens with two attached hydrogens (primary N) is 1. The summed E-state index contributed by atoms with van der Waals surface area (Å²) >= 11 is 0. The molecule has 1 amide bonds. The molecule has 0 spiro atoms. The van der Waals surface area contributed by atoms with Crippen molar-refractivity contribution in [3.05, 3.63) is 33.9 Å². The summed E-state index contributed by atoms with van der Waals surface area (Å²) in [4.78, 5) is 22.0. The first-order valence-corrected chi connectivity index (χ1v) is 8.89. The molecule has 1 aromatic rings. The third kappa shape index (κ3) is 4.73. The number of amides is 1. The van der Waals surface area contributed by atoms with Gasteiger partial charge in [0.2, 0.25) is 11.9 Å². The Morgan fingerprint density at radius 1 is 1.52 bits per heavy atom. The number of guanidine groups is 1. The van der Waals surface area contributed by atoms with Crippen LogP contribution in [0.15, 0.2) is 27.7 Å². The Kier molecular flexibility index (Phi) is 5.02. The summed E-state index contributed by atoms with van der Waals surface area (Å²) in [6, 6.07) is 4.18. The predicted octanol–water partition coefficient (Wildman–Crippen LogP) is 0.141. The van der Waals surface area contributed by atoms with Crippen molar-refractivity contribution in [1.82, 2.24) is 5.43 Å². The second kappa shape index (κ2) is 6.84. The normalized spacial score (nSPS) is 18.3. The van der Waals surface area contributed by atoms with Gasteiger partial charge in [0.1, 0.15) is 5.69 Å². The second-order valence-electron chi connectivity index (χ2n) is 5.46. The summed E-state index contributed by atoms with van der Waals surface area (Å²) < 4.78 is 25.4. The van der Waals surface area contributed by atoms with Crippen LogP contribution in [0.3, 0.4) is 0 Å². The van der Waals surface area contributed by atoms with Gasteiger partial charge in [-0.25, -0.2) is 13.8 Å². The molecule has 134 valence electrons. The lowest BCUT2D eigenvalue weighted by Gasteiger charge is -2.19. The average Bonchev–Trinajstić information content (AvgIpc) is 2.45. The first kappa shape index (κ1) is 18.3. The molecule has 4 N–H and O–H groups in total. The van der Waals surface area contributed by atoms with Crippen LogP contribution in [0.25, 0.3) is 0 Å². The molecule has 1 aliphatic rings. The zero-order valence-corrected chi connectivity index (χ0v) is 14.2. The van der Waals surface area contributed by atoms with E-state index in [1.807, 2.05) is 0 Å². The van der Waals surface area contributed by atoms with Gasteiger partial charge in [0.15, 0.2) is 0 Å². The number of nitro groups is 1. The number of benzene rings is 1. The lowest BCUT2D eigenvalue weighted by atomic mass is 9.93. The molecule has 0 saturated heterocycles. The second-order valence-corrected chi connectivity index (χ2v) is 7.11. The summed E-state index contributed by atoms with van der Waals surface area (Å²) in [7, 11) is -3.74. The smallest absolute Gasteiger partial charge is 0.293 e. The number of hydrogen-bond donors (Lipinski definition) is 3. The zero-order chi connectivity index (χ0) is 18.8. The van der Waals surface area contributed by atoms with Crippen molar-refractivity contribution >= 4 is 39.0 Å². The minimum Gasteiger partial charge on any atom is -0.369 e. The number of sulfonamides is 1. The monoisotopic (exact) mass is 368 g/mol. The van der Waals surface area contributed by atoms with E-state index in [1.54, 1.807) is 13.0 Å². The fourth-order valence-electron chi connectivity index (χ4n) is 2.29. The van der Waals surface area contributed by atoms with E-state index in [1.165, 1.54) is 12.1 Å². The summed E-state index contributed by atoms with van der Waals surface area (Å²) in [5.74, 6) is -0.924. The van der Waals surface area contributed by atoms with E-state index in [9.17, 15) is 23.3 Å². The molecular formula is C13H16N6O5S. The van der Waals surface area contributed by atoms with Crippen LogP contribution >= 0.6 is 0 Å². The number of carbonyl (C=O) groups is 1. The number of rotatable bonds is 4. The van der Waals surface area contributed by atoms with Crippen LogP contribution in [0, 0.1) is 16.0 Å². The maximum Gasteiger partial charge on any atom is 0.293 e. The lowest BCUT2D eigenvalue weighted by molar-refractivity contribution is -0.383. The van der Waals surface area contributed by atoms with Gasteiger partial charge in [-0.2, -0.15) is 5.10 Å². The van der Waals surface area contributed by atoms with Gasteiger partial charge >= 0.3 is 0 Å². The Bertz CT molecular complexity index is 892. The van der Waals surface area contributed by atoms with Crippen molar-refractivity contribution in [2.45, 2.75) is 13.3 Å². The van der Waals surface area contributed by atoms with Gasteiger partial charge in [-0.15, -0.1) is 4.40 Å². The van der Waals surface area contributed by atoms with E-state index in [4.69, 9.17) is 5.73 Å². The molecule has 2 rings (SSSR count). The van der Waals surface area contributed by atoms with Crippen molar-refractivity contribution < 1.29 is 18.1 Å². The summed E-state index contributed by atoms with van der Waals surface area (Å²) in [6.07, 6.45) is 1.07. The predicted molar refractivity (Wildman–Crippen MR) is 91.6 cm³/mol. The number of carbonyl (C=O) groups excluding carboxylic acids is 1. The number of hydrogen-bond acceptors (Lipinski definition) is 6. The lowest BCUT2D eigenvalue weighted by Crippen LogP contribution is -2.32. The Balaban J connectivity index is 2.40. The van der Waals surface area contributed by atoms with Crippen LogP contribution in [-0.2, 0) is 14.8 Å². The quantitative estimate of drug-likeness (QED) is 0.294. The Morgan fingerprint density at radius 2 is 2.20 bits per heavy atom. The molecule has 25 heavy (non-hydrogen) atoms. The van der Waals surface area contributed by atoms with Crippen molar-refractivity contribution in [2.24, 2.45) is 21.2 Å². The largest absolute Gasteiger partial charge is 0.369 e. The van der Waals surface area contributed by atoms with Crippen molar-refractivity contribution in [3.63, 3.8) is 0 Å². The Morgan fingerprint density at radius 3 is 2.76 bits per heavy atom. The summed E-state index contributed by atoms with van der Waals surface area (Å²) in [5.41, 5.74) is 8.39. The molecule has 1 heterocycles. The molecule has 0 aromatic heterocycles. The summed E-state index contributed by atoms with van der Waals surface area (Å²) in [6.45, 7) is 1.78.